The van der Waals surface area contributed by atoms with Gasteiger partial charge in [0.25, 0.3) is 0 Å². The molecule has 0 aromatic rings. The number of hydrogen-bond acceptors (Lipinski definition) is 4. The van der Waals surface area contributed by atoms with Crippen LogP contribution in [0.5, 0.6) is 0 Å². The third-order valence-corrected chi connectivity index (χ3v) is 2.41. The molecular weight excluding hydrogens is 312 g/mol. The van der Waals surface area contributed by atoms with Crippen molar-refractivity contribution in [2.24, 2.45) is 10.8 Å². The molecule has 0 aromatic heterocycles. The van der Waals surface area contributed by atoms with Crippen molar-refractivity contribution < 1.29 is 36.6 Å². The summed E-state index contributed by atoms with van der Waals surface area (Å²) in [5, 5.41) is 8.36. The van der Waals surface area contributed by atoms with Gasteiger partial charge in [0.2, 0.25) is 0 Å². The Labute approximate surface area is 138 Å². The average molecular weight is 340 g/mol. The van der Waals surface area contributed by atoms with Crippen molar-refractivity contribution in [3.63, 3.8) is 0 Å². The van der Waals surface area contributed by atoms with E-state index in [1.807, 2.05) is 41.5 Å². The first kappa shape index (κ1) is 25.0. The van der Waals surface area contributed by atoms with Crippen LogP contribution in [-0.4, -0.2) is 22.5 Å². The van der Waals surface area contributed by atoms with E-state index in [-0.39, 0.29) is 46.6 Å². The molecule has 0 aliphatic carbocycles. The molecule has 0 amide bonds. The van der Waals surface area contributed by atoms with E-state index in [9.17, 15) is 14.4 Å². The van der Waals surface area contributed by atoms with Gasteiger partial charge in [0.05, 0.1) is 12.2 Å². The van der Waals surface area contributed by atoms with Gasteiger partial charge in [0.15, 0.2) is 5.78 Å². The second-order valence-corrected chi connectivity index (χ2v) is 6.92. The summed E-state index contributed by atoms with van der Waals surface area (Å²) in [4.78, 5) is 33.0. The van der Waals surface area contributed by atoms with Gasteiger partial charge in [-0.3, -0.25) is 14.4 Å². The van der Waals surface area contributed by atoms with Crippen LogP contribution in [0, 0.1) is 10.8 Å². The smallest absolute Gasteiger partial charge is 0.155 e. The second-order valence-electron chi connectivity index (χ2n) is 6.92. The molecule has 0 unspecified atom stereocenters. The Morgan fingerprint density at radius 1 is 0.857 bits per heavy atom. The van der Waals surface area contributed by atoms with E-state index in [0.717, 1.165) is 0 Å². The fourth-order valence-electron chi connectivity index (χ4n) is 0.970. The van der Waals surface area contributed by atoms with E-state index in [1.165, 1.54) is 19.9 Å². The first-order valence-electron chi connectivity index (χ1n) is 6.62. The molecular formula is C16H28FeO4. The topological polar surface area (TPSA) is 71.4 Å². The largest absolute Gasteiger partial charge is 0.512 e. The predicted molar refractivity (Wildman–Crippen MR) is 80.6 cm³/mol. The van der Waals surface area contributed by atoms with Crippen LogP contribution in [-0.2, 0) is 31.5 Å². The normalized spacial score (nSPS) is 11.7. The summed E-state index contributed by atoms with van der Waals surface area (Å²) in [7, 11) is 0. The van der Waals surface area contributed by atoms with Crippen molar-refractivity contribution in [1.29, 1.82) is 0 Å². The maximum absolute atomic E-state index is 11.5. The molecule has 5 heteroatoms. The van der Waals surface area contributed by atoms with Crippen molar-refractivity contribution >= 4 is 17.3 Å². The second kappa shape index (κ2) is 9.91. The predicted octanol–water partition coefficient (Wildman–Crippen LogP) is 3.64. The monoisotopic (exact) mass is 340 g/mol. The van der Waals surface area contributed by atoms with Crippen molar-refractivity contribution in [2.45, 2.75) is 61.8 Å². The summed E-state index contributed by atoms with van der Waals surface area (Å²) in [5.41, 5.74) is -0.804. The summed E-state index contributed by atoms with van der Waals surface area (Å²) in [6.45, 7) is 13.9. The van der Waals surface area contributed by atoms with Crippen LogP contribution in [0.1, 0.15) is 61.8 Å². The Kier molecular flexibility index (Phi) is 11.8. The molecule has 0 heterocycles. The Morgan fingerprint density at radius 2 is 1.14 bits per heavy atom. The van der Waals surface area contributed by atoms with E-state index in [4.69, 9.17) is 5.11 Å². The van der Waals surface area contributed by atoms with Crippen molar-refractivity contribution in [3.8, 4) is 0 Å². The summed E-state index contributed by atoms with van der Waals surface area (Å²) >= 11 is 0. The molecule has 0 spiro atoms. The van der Waals surface area contributed by atoms with Crippen molar-refractivity contribution in [1.82, 2.24) is 0 Å². The fraction of sp³-hybridized carbons (Fsp3) is 0.688. The van der Waals surface area contributed by atoms with Gasteiger partial charge in [-0.05, 0) is 13.8 Å². The third-order valence-electron chi connectivity index (χ3n) is 2.41. The zero-order valence-corrected chi connectivity index (χ0v) is 15.4. The molecule has 0 rings (SSSR count). The average Bonchev–Trinajstić information content (AvgIpc) is 2.12. The number of ketones is 3. The Balaban J connectivity index is -0.000000347. The number of rotatable bonds is 3. The molecule has 0 atom stereocenters. The Bertz CT molecular complexity index is 367. The van der Waals surface area contributed by atoms with Crippen LogP contribution >= 0.6 is 0 Å². The van der Waals surface area contributed by atoms with E-state index < -0.39 is 10.8 Å². The van der Waals surface area contributed by atoms with Gasteiger partial charge in [-0.25, -0.2) is 0 Å². The molecule has 0 fully saturated rings. The van der Waals surface area contributed by atoms with E-state index in [1.54, 1.807) is 0 Å². The van der Waals surface area contributed by atoms with Crippen LogP contribution in [0.2, 0.25) is 0 Å². The number of allylic oxidation sites excluding steroid dienone is 2. The first-order valence-corrected chi connectivity index (χ1v) is 6.62. The number of carbonyl (C=O) groups is 3. The van der Waals surface area contributed by atoms with Gasteiger partial charge in [-0.15, -0.1) is 0 Å². The third kappa shape index (κ3) is 15.3. The number of Topliss-reactive ketones (excluding diaryl/α,β-unsaturated/α-hetero) is 2. The van der Waals surface area contributed by atoms with Crippen molar-refractivity contribution in [2.75, 3.05) is 0 Å². The van der Waals surface area contributed by atoms with Crippen LogP contribution < -0.4 is 0 Å². The minimum atomic E-state index is -0.402. The molecule has 1 N–H and O–H groups in total. The molecule has 0 saturated heterocycles. The maximum atomic E-state index is 11.5. The van der Waals surface area contributed by atoms with Crippen LogP contribution in [0.4, 0.5) is 0 Å². The van der Waals surface area contributed by atoms with Crippen LogP contribution in [0.3, 0.4) is 0 Å². The minimum Gasteiger partial charge on any atom is -0.512 e. The van der Waals surface area contributed by atoms with Gasteiger partial charge in [0.1, 0.15) is 11.6 Å². The molecule has 0 aromatic carbocycles. The van der Waals surface area contributed by atoms with E-state index in [0.29, 0.717) is 0 Å². The summed E-state index contributed by atoms with van der Waals surface area (Å²) < 4.78 is 0. The molecule has 21 heavy (non-hydrogen) atoms. The van der Waals surface area contributed by atoms with Gasteiger partial charge in [-0.2, -0.15) is 0 Å². The zero-order chi connectivity index (χ0) is 16.7. The Hall–Kier alpha value is -0.931. The molecule has 0 aliphatic heterocycles. The SMILES string of the molecule is CC(=O)/C=C(/C)O.CC(C)(C)C(=O)CC(=O)C(C)(C)C.[Fe]. The fourth-order valence-corrected chi connectivity index (χ4v) is 0.970. The first-order chi connectivity index (χ1) is 8.67. The number of aliphatic hydroxyl groups is 1. The van der Waals surface area contributed by atoms with Crippen LogP contribution in [0.25, 0.3) is 0 Å². The summed E-state index contributed by atoms with van der Waals surface area (Å²) in [6.07, 6.45) is 1.23. The molecule has 0 saturated carbocycles. The molecule has 0 radical (unpaired) electrons. The summed E-state index contributed by atoms with van der Waals surface area (Å²) in [6, 6.07) is 0. The van der Waals surface area contributed by atoms with Gasteiger partial charge in [0, 0.05) is 34.0 Å². The number of carbonyl (C=O) groups excluding carboxylic acids is 3. The number of aliphatic hydroxyl groups excluding tert-OH is 1. The minimum absolute atomic E-state index is 0. The number of hydrogen-bond donors (Lipinski definition) is 1. The molecule has 124 valence electrons. The molecule has 0 aliphatic rings. The van der Waals surface area contributed by atoms with Crippen LogP contribution in [0.15, 0.2) is 11.8 Å². The van der Waals surface area contributed by atoms with E-state index in [2.05, 4.69) is 0 Å². The van der Waals surface area contributed by atoms with Gasteiger partial charge in [-0.1, -0.05) is 41.5 Å². The quantitative estimate of drug-likeness (QED) is 0.368. The standard InChI is InChI=1S/C11H20O2.C5H8O2.Fe/c1-10(2,3)8(12)7-9(13)11(4,5)6;1-4(6)3-5(2)7;/h7H2,1-6H3;3,6H,1-2H3;/b;4-3-;. The maximum Gasteiger partial charge on any atom is 0.155 e. The summed E-state index contributed by atoms with van der Waals surface area (Å²) in [5.74, 6) is -0.0210. The van der Waals surface area contributed by atoms with Gasteiger partial charge >= 0.3 is 0 Å². The molecule has 4 nitrogen and oxygen atoms in total. The van der Waals surface area contributed by atoms with E-state index >= 15 is 0 Å². The molecule has 0 bridgehead atoms. The Morgan fingerprint density at radius 3 is 1.24 bits per heavy atom. The van der Waals surface area contributed by atoms with Crippen molar-refractivity contribution in [3.05, 3.63) is 11.8 Å². The van der Waals surface area contributed by atoms with Gasteiger partial charge < -0.3 is 5.11 Å². The zero-order valence-electron chi connectivity index (χ0n) is 14.3.